The third kappa shape index (κ3) is 5.67. The molecule has 1 aromatic rings. The van der Waals surface area contributed by atoms with Crippen LogP contribution in [0.3, 0.4) is 0 Å². The normalized spacial score (nSPS) is 12.1. The summed E-state index contributed by atoms with van der Waals surface area (Å²) in [7, 11) is 1.35. The summed E-state index contributed by atoms with van der Waals surface area (Å²) in [6, 6.07) is 5.08. The van der Waals surface area contributed by atoms with Crippen LogP contribution in [0, 0.1) is 10.1 Å². The van der Waals surface area contributed by atoms with Gasteiger partial charge in [-0.1, -0.05) is 6.07 Å². The topological polar surface area (TPSA) is 81.5 Å². The fourth-order valence-electron chi connectivity index (χ4n) is 1.58. The van der Waals surface area contributed by atoms with Crippen molar-refractivity contribution in [3.05, 3.63) is 39.4 Å². The van der Waals surface area contributed by atoms with E-state index in [1.807, 2.05) is 6.07 Å². The van der Waals surface area contributed by atoms with Crippen molar-refractivity contribution in [1.82, 2.24) is 5.32 Å². The quantitative estimate of drug-likeness (QED) is 0.484. The molecule has 0 radical (unpaired) electrons. The van der Waals surface area contributed by atoms with E-state index in [9.17, 15) is 14.9 Å². The maximum Gasteiger partial charge on any atom is 0.302 e. The highest BCUT2D eigenvalue weighted by atomic mass is 35.5. The minimum Gasteiger partial charge on any atom is -0.469 e. The molecule has 0 aliphatic carbocycles. The summed E-state index contributed by atoms with van der Waals surface area (Å²) in [5, 5.41) is 13.7. The van der Waals surface area contributed by atoms with Gasteiger partial charge in [0.05, 0.1) is 12.0 Å². The molecule has 1 N–H and O–H groups in total. The van der Waals surface area contributed by atoms with Gasteiger partial charge in [0.15, 0.2) is 0 Å². The van der Waals surface area contributed by atoms with Crippen molar-refractivity contribution in [3.63, 3.8) is 0 Å². The molecule has 0 fully saturated rings. The van der Waals surface area contributed by atoms with E-state index in [2.05, 4.69) is 10.1 Å². The van der Waals surface area contributed by atoms with Crippen molar-refractivity contribution in [2.45, 2.75) is 19.9 Å². The second-order valence-electron chi connectivity index (χ2n) is 3.83. The van der Waals surface area contributed by atoms with E-state index < -0.39 is 0 Å². The van der Waals surface area contributed by atoms with Crippen LogP contribution < -0.4 is 5.32 Å². The van der Waals surface area contributed by atoms with Crippen molar-refractivity contribution in [3.8, 4) is 0 Å². The SMILES string of the molecule is COC(C)=O.Cl.O=[N+]([O-])c1ccc2c(c1)CNCC2. The maximum atomic E-state index is 10.5. The van der Waals surface area contributed by atoms with Crippen LogP contribution in [-0.4, -0.2) is 24.5 Å². The lowest BCUT2D eigenvalue weighted by Crippen LogP contribution is -2.23. The van der Waals surface area contributed by atoms with Gasteiger partial charge in [-0.2, -0.15) is 0 Å². The average molecular weight is 289 g/mol. The lowest BCUT2D eigenvalue weighted by Gasteiger charge is -2.15. The second-order valence-corrected chi connectivity index (χ2v) is 3.83. The van der Waals surface area contributed by atoms with Crippen LogP contribution in [0.1, 0.15) is 18.1 Å². The Morgan fingerprint density at radius 1 is 1.42 bits per heavy atom. The number of fused-ring (bicyclic) bond motifs is 1. The summed E-state index contributed by atoms with van der Waals surface area (Å²) < 4.78 is 4.11. The van der Waals surface area contributed by atoms with E-state index >= 15 is 0 Å². The van der Waals surface area contributed by atoms with Gasteiger partial charge in [0.25, 0.3) is 5.69 Å². The number of esters is 1. The van der Waals surface area contributed by atoms with Crippen LogP contribution in [0.2, 0.25) is 0 Å². The highest BCUT2D eigenvalue weighted by Crippen LogP contribution is 2.20. The number of nitrogens with one attached hydrogen (secondary N) is 1. The minimum absolute atomic E-state index is 0. The van der Waals surface area contributed by atoms with E-state index in [1.165, 1.54) is 19.6 Å². The summed E-state index contributed by atoms with van der Waals surface area (Å²) in [4.78, 5) is 19.7. The fraction of sp³-hybridized carbons (Fsp3) is 0.417. The molecule has 1 heterocycles. The van der Waals surface area contributed by atoms with E-state index in [1.54, 1.807) is 12.1 Å². The molecule has 0 saturated heterocycles. The summed E-state index contributed by atoms with van der Waals surface area (Å²) in [6.07, 6.45) is 0.966. The largest absolute Gasteiger partial charge is 0.469 e. The third-order valence-corrected chi connectivity index (χ3v) is 2.57. The minimum atomic E-state index is -0.352. The van der Waals surface area contributed by atoms with Crippen LogP contribution >= 0.6 is 12.4 Å². The predicted octanol–water partition coefficient (Wildman–Crippen LogP) is 1.84. The Morgan fingerprint density at radius 3 is 2.58 bits per heavy atom. The number of methoxy groups -OCH3 is 1. The zero-order valence-corrected chi connectivity index (χ0v) is 11.7. The Morgan fingerprint density at radius 2 is 2.05 bits per heavy atom. The number of carbonyl (C=O) groups is 1. The molecule has 0 amide bonds. The first kappa shape index (κ1) is 17.3. The van der Waals surface area contributed by atoms with Crippen LogP contribution in [0.15, 0.2) is 18.2 Å². The molecule has 1 aliphatic heterocycles. The highest BCUT2D eigenvalue weighted by Gasteiger charge is 2.12. The summed E-state index contributed by atoms with van der Waals surface area (Å²) in [6.45, 7) is 3.07. The molecular formula is C12H17ClN2O4. The predicted molar refractivity (Wildman–Crippen MR) is 73.4 cm³/mol. The summed E-state index contributed by atoms with van der Waals surface area (Å²) in [5.74, 6) is -0.245. The third-order valence-electron chi connectivity index (χ3n) is 2.57. The summed E-state index contributed by atoms with van der Waals surface area (Å²) in [5.41, 5.74) is 2.47. The van der Waals surface area contributed by atoms with Crippen LogP contribution in [0.5, 0.6) is 0 Å². The number of hydrogen-bond acceptors (Lipinski definition) is 5. The molecule has 7 heteroatoms. The molecule has 0 aromatic heterocycles. The van der Waals surface area contributed by atoms with Gasteiger partial charge in [-0.25, -0.2) is 0 Å². The first-order chi connectivity index (χ1) is 8.54. The first-order valence-corrected chi connectivity index (χ1v) is 5.56. The number of halogens is 1. The van der Waals surface area contributed by atoms with Crippen molar-refractivity contribution < 1.29 is 14.5 Å². The second kappa shape index (κ2) is 8.44. The zero-order valence-electron chi connectivity index (χ0n) is 10.8. The molecule has 1 aromatic carbocycles. The van der Waals surface area contributed by atoms with Gasteiger partial charge in [0.2, 0.25) is 0 Å². The number of nitrogens with zero attached hydrogens (tertiary/aromatic N) is 1. The number of non-ortho nitro benzene ring substituents is 1. The Hall–Kier alpha value is -1.66. The van der Waals surface area contributed by atoms with Crippen LogP contribution in [-0.2, 0) is 22.5 Å². The van der Waals surface area contributed by atoms with Crippen molar-refractivity contribution >= 4 is 24.1 Å². The van der Waals surface area contributed by atoms with E-state index in [0.717, 1.165) is 25.1 Å². The Balaban J connectivity index is 0.000000471. The Kier molecular flexibility index (Phi) is 7.71. The van der Waals surface area contributed by atoms with Gasteiger partial charge in [-0.05, 0) is 24.1 Å². The number of nitro groups is 1. The summed E-state index contributed by atoms with van der Waals surface area (Å²) >= 11 is 0. The number of carbonyl (C=O) groups excluding carboxylic acids is 1. The number of nitro benzene ring substituents is 1. The Labute approximate surface area is 117 Å². The molecule has 6 nitrogen and oxygen atoms in total. The van der Waals surface area contributed by atoms with Gasteiger partial charge in [0, 0.05) is 25.6 Å². The molecular weight excluding hydrogens is 272 g/mol. The van der Waals surface area contributed by atoms with Gasteiger partial charge in [-0.3, -0.25) is 14.9 Å². The smallest absolute Gasteiger partial charge is 0.302 e. The van der Waals surface area contributed by atoms with Crippen molar-refractivity contribution in [1.29, 1.82) is 0 Å². The van der Waals surface area contributed by atoms with E-state index in [0.29, 0.717) is 0 Å². The van der Waals surface area contributed by atoms with Gasteiger partial charge < -0.3 is 10.1 Å². The number of ether oxygens (including phenoxy) is 1. The lowest BCUT2D eigenvalue weighted by atomic mass is 10.0. The van der Waals surface area contributed by atoms with E-state index in [4.69, 9.17) is 0 Å². The van der Waals surface area contributed by atoms with Crippen molar-refractivity contribution in [2.75, 3.05) is 13.7 Å². The van der Waals surface area contributed by atoms with Gasteiger partial charge >= 0.3 is 5.97 Å². The highest BCUT2D eigenvalue weighted by molar-refractivity contribution is 5.85. The number of rotatable bonds is 1. The van der Waals surface area contributed by atoms with Crippen molar-refractivity contribution in [2.24, 2.45) is 0 Å². The molecule has 2 rings (SSSR count). The molecule has 0 saturated carbocycles. The van der Waals surface area contributed by atoms with Gasteiger partial charge in [0.1, 0.15) is 0 Å². The number of hydrogen-bond donors (Lipinski definition) is 1. The lowest BCUT2D eigenvalue weighted by molar-refractivity contribution is -0.384. The number of benzene rings is 1. The standard InChI is InChI=1S/C9H10N2O2.C3H6O2.ClH/c12-11(13)9-2-1-7-3-4-10-6-8(7)5-9;1-3(4)5-2;/h1-2,5,10H,3-4,6H2;1-2H3;1H. The van der Waals surface area contributed by atoms with Crippen LogP contribution in [0.25, 0.3) is 0 Å². The maximum absolute atomic E-state index is 10.5. The molecule has 106 valence electrons. The zero-order chi connectivity index (χ0) is 13.5. The first-order valence-electron chi connectivity index (χ1n) is 5.56. The Bertz CT molecular complexity index is 451. The molecule has 19 heavy (non-hydrogen) atoms. The van der Waals surface area contributed by atoms with Gasteiger partial charge in [-0.15, -0.1) is 12.4 Å². The molecule has 0 unspecified atom stereocenters. The fourth-order valence-corrected chi connectivity index (χ4v) is 1.58. The average Bonchev–Trinajstić information content (AvgIpc) is 2.38. The van der Waals surface area contributed by atoms with E-state index in [-0.39, 0.29) is 29.0 Å². The molecule has 1 aliphatic rings. The monoisotopic (exact) mass is 288 g/mol. The molecule has 0 bridgehead atoms. The molecule has 0 spiro atoms. The molecule has 0 atom stereocenters. The van der Waals surface area contributed by atoms with Crippen LogP contribution in [0.4, 0.5) is 5.69 Å².